The van der Waals surface area contributed by atoms with Crippen LogP contribution in [0.2, 0.25) is 0 Å². The topological polar surface area (TPSA) is 69.8 Å². The van der Waals surface area contributed by atoms with Crippen molar-refractivity contribution in [3.8, 4) is 0 Å². The van der Waals surface area contributed by atoms with Crippen LogP contribution in [0.15, 0.2) is 27.2 Å². The molecular formula is C16H25IN6OS. The highest BCUT2D eigenvalue weighted by atomic mass is 127. The van der Waals surface area contributed by atoms with E-state index < -0.39 is 0 Å². The number of piperazine rings is 1. The van der Waals surface area contributed by atoms with Crippen LogP contribution in [0.1, 0.15) is 16.4 Å². The number of halogens is 1. The van der Waals surface area contributed by atoms with Gasteiger partial charge in [-0.05, 0) is 6.92 Å². The SMILES string of the molecule is CN=C(NCCc1csc(C)n1)N1CCN(Cc2ccon2)CC1.I. The average molecular weight is 476 g/mol. The van der Waals surface area contributed by atoms with Gasteiger partial charge in [0.2, 0.25) is 0 Å². The van der Waals surface area contributed by atoms with E-state index in [0.717, 1.165) is 68.0 Å². The van der Waals surface area contributed by atoms with Gasteiger partial charge in [-0.25, -0.2) is 4.98 Å². The number of rotatable bonds is 5. The van der Waals surface area contributed by atoms with Gasteiger partial charge in [-0.3, -0.25) is 9.89 Å². The van der Waals surface area contributed by atoms with Crippen LogP contribution in [0.3, 0.4) is 0 Å². The Bertz CT molecular complexity index is 651. The van der Waals surface area contributed by atoms with Crippen LogP contribution in [0, 0.1) is 6.92 Å². The Kier molecular flexibility index (Phi) is 8.10. The number of aliphatic imine (C=N–C) groups is 1. The molecule has 2 aromatic rings. The summed E-state index contributed by atoms with van der Waals surface area (Å²) in [6.07, 6.45) is 2.55. The zero-order chi connectivity index (χ0) is 16.8. The summed E-state index contributed by atoms with van der Waals surface area (Å²) in [6, 6.07) is 1.92. The molecule has 1 aliphatic heterocycles. The number of hydrogen-bond acceptors (Lipinski definition) is 6. The van der Waals surface area contributed by atoms with E-state index in [4.69, 9.17) is 4.52 Å². The molecule has 3 heterocycles. The maximum Gasteiger partial charge on any atom is 0.193 e. The second kappa shape index (κ2) is 10.1. The van der Waals surface area contributed by atoms with Gasteiger partial charge in [0.1, 0.15) is 6.26 Å². The molecule has 25 heavy (non-hydrogen) atoms. The minimum atomic E-state index is 0. The monoisotopic (exact) mass is 476 g/mol. The van der Waals surface area contributed by atoms with Crippen LogP contribution in [0.5, 0.6) is 0 Å². The first-order valence-electron chi connectivity index (χ1n) is 8.23. The van der Waals surface area contributed by atoms with Crippen LogP contribution in [0.4, 0.5) is 0 Å². The van der Waals surface area contributed by atoms with Crippen molar-refractivity contribution in [1.29, 1.82) is 0 Å². The lowest BCUT2D eigenvalue weighted by molar-refractivity contribution is 0.169. The summed E-state index contributed by atoms with van der Waals surface area (Å²) < 4.78 is 4.89. The molecule has 0 unspecified atom stereocenters. The largest absolute Gasteiger partial charge is 0.364 e. The molecule has 9 heteroatoms. The van der Waals surface area contributed by atoms with E-state index in [1.165, 1.54) is 0 Å². The van der Waals surface area contributed by atoms with Crippen molar-refractivity contribution in [2.24, 2.45) is 4.99 Å². The molecule has 0 spiro atoms. The van der Waals surface area contributed by atoms with Gasteiger partial charge in [0.25, 0.3) is 0 Å². The summed E-state index contributed by atoms with van der Waals surface area (Å²) in [5, 5.41) is 10.7. The molecule has 0 radical (unpaired) electrons. The maximum absolute atomic E-state index is 4.89. The average Bonchev–Trinajstić information content (AvgIpc) is 3.24. The van der Waals surface area contributed by atoms with E-state index in [1.807, 2.05) is 20.0 Å². The number of hydrogen-bond donors (Lipinski definition) is 1. The van der Waals surface area contributed by atoms with Crippen LogP contribution in [-0.2, 0) is 13.0 Å². The normalized spacial score (nSPS) is 15.9. The first kappa shape index (κ1) is 20.1. The van der Waals surface area contributed by atoms with Gasteiger partial charge < -0.3 is 14.7 Å². The minimum Gasteiger partial charge on any atom is -0.364 e. The Morgan fingerprint density at radius 1 is 1.32 bits per heavy atom. The molecule has 138 valence electrons. The Hall–Kier alpha value is -1.20. The van der Waals surface area contributed by atoms with Crippen molar-refractivity contribution in [2.45, 2.75) is 19.9 Å². The fraction of sp³-hybridized carbons (Fsp3) is 0.562. The maximum atomic E-state index is 4.89. The standard InChI is InChI=1S/C16H24N6OS.HI/c1-13-19-15(12-24-13)3-5-18-16(17-2)22-8-6-21(7-9-22)11-14-4-10-23-20-14;/h4,10,12H,3,5-9,11H2,1-2H3,(H,17,18);1H. The molecule has 1 aliphatic rings. The van der Waals surface area contributed by atoms with Crippen molar-refractivity contribution in [1.82, 2.24) is 25.3 Å². The predicted octanol–water partition coefficient (Wildman–Crippen LogP) is 1.99. The van der Waals surface area contributed by atoms with Gasteiger partial charge in [-0.2, -0.15) is 0 Å². The molecule has 0 saturated carbocycles. The van der Waals surface area contributed by atoms with Crippen molar-refractivity contribution in [3.63, 3.8) is 0 Å². The fourth-order valence-electron chi connectivity index (χ4n) is 2.82. The summed E-state index contributed by atoms with van der Waals surface area (Å²) in [7, 11) is 1.84. The zero-order valence-corrected chi connectivity index (χ0v) is 17.8. The molecule has 0 atom stereocenters. The lowest BCUT2D eigenvalue weighted by Crippen LogP contribution is -2.52. The lowest BCUT2D eigenvalue weighted by atomic mass is 10.3. The summed E-state index contributed by atoms with van der Waals surface area (Å²) >= 11 is 1.70. The molecular weight excluding hydrogens is 451 g/mol. The van der Waals surface area contributed by atoms with Gasteiger partial charge in [0.15, 0.2) is 5.96 Å². The first-order valence-corrected chi connectivity index (χ1v) is 9.11. The summed E-state index contributed by atoms with van der Waals surface area (Å²) in [4.78, 5) is 13.6. The van der Waals surface area contributed by atoms with Crippen LogP contribution in [-0.4, -0.2) is 65.7 Å². The first-order chi connectivity index (χ1) is 11.7. The van der Waals surface area contributed by atoms with E-state index in [-0.39, 0.29) is 24.0 Å². The van der Waals surface area contributed by atoms with Crippen molar-refractivity contribution in [2.75, 3.05) is 39.8 Å². The highest BCUT2D eigenvalue weighted by molar-refractivity contribution is 14.0. The van der Waals surface area contributed by atoms with Crippen LogP contribution in [0.25, 0.3) is 0 Å². The van der Waals surface area contributed by atoms with E-state index >= 15 is 0 Å². The number of guanidine groups is 1. The Morgan fingerprint density at radius 2 is 2.12 bits per heavy atom. The molecule has 1 N–H and O–H groups in total. The Labute approximate surface area is 169 Å². The molecule has 0 bridgehead atoms. The lowest BCUT2D eigenvalue weighted by Gasteiger charge is -2.36. The molecule has 1 fully saturated rings. The Morgan fingerprint density at radius 3 is 2.72 bits per heavy atom. The quantitative estimate of drug-likeness (QED) is 0.405. The fourth-order valence-corrected chi connectivity index (χ4v) is 3.47. The van der Waals surface area contributed by atoms with Crippen LogP contribution < -0.4 is 5.32 Å². The summed E-state index contributed by atoms with van der Waals surface area (Å²) in [5.74, 6) is 0.975. The van der Waals surface area contributed by atoms with E-state index in [0.29, 0.717) is 0 Å². The predicted molar refractivity (Wildman–Crippen MR) is 111 cm³/mol. The second-order valence-electron chi connectivity index (χ2n) is 5.84. The number of aromatic nitrogens is 2. The van der Waals surface area contributed by atoms with E-state index in [9.17, 15) is 0 Å². The molecule has 2 aromatic heterocycles. The van der Waals surface area contributed by atoms with E-state index in [2.05, 4.69) is 35.6 Å². The highest BCUT2D eigenvalue weighted by Crippen LogP contribution is 2.09. The second-order valence-corrected chi connectivity index (χ2v) is 6.90. The van der Waals surface area contributed by atoms with E-state index in [1.54, 1.807) is 17.6 Å². The van der Waals surface area contributed by atoms with Gasteiger partial charge in [-0.15, -0.1) is 35.3 Å². The third-order valence-electron chi connectivity index (χ3n) is 4.09. The molecule has 3 rings (SSSR count). The third-order valence-corrected chi connectivity index (χ3v) is 4.91. The zero-order valence-electron chi connectivity index (χ0n) is 14.6. The van der Waals surface area contributed by atoms with Crippen LogP contribution >= 0.6 is 35.3 Å². The van der Waals surface area contributed by atoms with Gasteiger partial charge in [-0.1, -0.05) is 5.16 Å². The molecule has 1 saturated heterocycles. The number of nitrogens with zero attached hydrogens (tertiary/aromatic N) is 5. The van der Waals surface area contributed by atoms with Gasteiger partial charge >= 0.3 is 0 Å². The Balaban J connectivity index is 0.00000225. The third kappa shape index (κ3) is 5.93. The molecule has 0 aromatic carbocycles. The highest BCUT2D eigenvalue weighted by Gasteiger charge is 2.20. The smallest absolute Gasteiger partial charge is 0.193 e. The summed E-state index contributed by atoms with van der Waals surface area (Å²) in [5.41, 5.74) is 2.14. The molecule has 0 aliphatic carbocycles. The van der Waals surface area contributed by atoms with Gasteiger partial charge in [0, 0.05) is 64.2 Å². The molecule has 7 nitrogen and oxygen atoms in total. The number of thiazole rings is 1. The number of nitrogens with one attached hydrogen (secondary N) is 1. The van der Waals surface area contributed by atoms with Gasteiger partial charge in [0.05, 0.1) is 16.4 Å². The minimum absolute atomic E-state index is 0. The van der Waals surface area contributed by atoms with Crippen molar-refractivity contribution < 1.29 is 4.52 Å². The molecule has 0 amide bonds. The van der Waals surface area contributed by atoms with Crippen molar-refractivity contribution in [3.05, 3.63) is 34.1 Å². The number of aryl methyl sites for hydroxylation is 1. The van der Waals surface area contributed by atoms with Crippen molar-refractivity contribution >= 4 is 41.3 Å². The summed E-state index contributed by atoms with van der Waals surface area (Å²) in [6.45, 7) is 7.67.